The third-order valence-corrected chi connectivity index (χ3v) is 1.67. The second kappa shape index (κ2) is 2.64. The SMILES string of the molecule is Cc1cc(Cl)nc(Cl)c1N. The quantitative estimate of drug-likeness (QED) is 0.617. The minimum Gasteiger partial charge on any atom is -0.396 e. The van der Waals surface area contributed by atoms with Crippen LogP contribution >= 0.6 is 23.2 Å². The van der Waals surface area contributed by atoms with E-state index in [1.54, 1.807) is 6.07 Å². The number of hydrogen-bond acceptors (Lipinski definition) is 2. The molecule has 2 N–H and O–H groups in total. The Bertz CT molecular complexity index is 237. The Labute approximate surface area is 69.0 Å². The number of aromatic nitrogens is 1. The minimum absolute atomic E-state index is 0.269. The van der Waals surface area contributed by atoms with E-state index in [4.69, 9.17) is 28.9 Å². The third-order valence-electron chi connectivity index (χ3n) is 1.19. The van der Waals surface area contributed by atoms with Crippen LogP contribution in [0.1, 0.15) is 5.56 Å². The maximum absolute atomic E-state index is 5.60. The van der Waals surface area contributed by atoms with Crippen LogP contribution in [0.4, 0.5) is 5.69 Å². The molecule has 1 heterocycles. The van der Waals surface area contributed by atoms with E-state index in [1.807, 2.05) is 6.92 Å². The molecule has 0 bridgehead atoms. The van der Waals surface area contributed by atoms with Crippen molar-refractivity contribution < 1.29 is 0 Å². The van der Waals surface area contributed by atoms with Crippen LogP contribution in [0.3, 0.4) is 0 Å². The van der Waals surface area contributed by atoms with E-state index in [9.17, 15) is 0 Å². The number of rotatable bonds is 0. The van der Waals surface area contributed by atoms with Gasteiger partial charge >= 0.3 is 0 Å². The molecule has 0 radical (unpaired) electrons. The first-order valence-corrected chi connectivity index (χ1v) is 3.45. The van der Waals surface area contributed by atoms with Crippen LogP contribution in [-0.2, 0) is 0 Å². The molecule has 0 aromatic carbocycles. The molecule has 0 aliphatic rings. The minimum atomic E-state index is 0.269. The fourth-order valence-corrected chi connectivity index (χ4v) is 1.14. The number of nitrogen functional groups attached to an aromatic ring is 1. The van der Waals surface area contributed by atoms with Gasteiger partial charge in [0.25, 0.3) is 0 Å². The summed E-state index contributed by atoms with van der Waals surface area (Å²) in [5.41, 5.74) is 6.84. The Morgan fingerprint density at radius 2 is 2.10 bits per heavy atom. The molecule has 10 heavy (non-hydrogen) atoms. The Morgan fingerprint density at radius 1 is 1.50 bits per heavy atom. The van der Waals surface area contributed by atoms with E-state index in [1.165, 1.54) is 0 Å². The molecule has 0 aliphatic heterocycles. The number of pyridine rings is 1. The van der Waals surface area contributed by atoms with Crippen molar-refractivity contribution in [3.05, 3.63) is 21.9 Å². The molecule has 0 saturated carbocycles. The highest BCUT2D eigenvalue weighted by Gasteiger charge is 2.01. The number of halogens is 2. The Hall–Kier alpha value is -0.470. The van der Waals surface area contributed by atoms with Crippen molar-refractivity contribution in [2.45, 2.75) is 6.92 Å². The first-order chi connectivity index (χ1) is 4.61. The number of anilines is 1. The second-order valence-electron chi connectivity index (χ2n) is 1.97. The fraction of sp³-hybridized carbons (Fsp3) is 0.167. The lowest BCUT2D eigenvalue weighted by Gasteiger charge is -2.00. The van der Waals surface area contributed by atoms with Crippen LogP contribution in [0, 0.1) is 6.92 Å². The van der Waals surface area contributed by atoms with Gasteiger partial charge in [-0.3, -0.25) is 0 Å². The summed E-state index contributed by atoms with van der Waals surface area (Å²) in [5.74, 6) is 0. The largest absolute Gasteiger partial charge is 0.396 e. The van der Waals surface area contributed by atoms with Crippen LogP contribution in [0.15, 0.2) is 6.07 Å². The maximum Gasteiger partial charge on any atom is 0.153 e. The van der Waals surface area contributed by atoms with Crippen molar-refractivity contribution in [1.29, 1.82) is 0 Å². The summed E-state index contributed by atoms with van der Waals surface area (Å²) in [6.07, 6.45) is 0. The van der Waals surface area contributed by atoms with Gasteiger partial charge in [0.2, 0.25) is 0 Å². The molecule has 2 nitrogen and oxygen atoms in total. The van der Waals surface area contributed by atoms with Crippen LogP contribution < -0.4 is 5.73 Å². The Kier molecular flexibility index (Phi) is 2.02. The first-order valence-electron chi connectivity index (χ1n) is 2.69. The average molecular weight is 177 g/mol. The van der Waals surface area contributed by atoms with Crippen LogP contribution in [0.25, 0.3) is 0 Å². The van der Waals surface area contributed by atoms with Gasteiger partial charge in [0, 0.05) is 0 Å². The van der Waals surface area contributed by atoms with E-state index < -0.39 is 0 Å². The Balaban J connectivity index is 3.31. The summed E-state index contributed by atoms with van der Waals surface area (Å²) < 4.78 is 0. The van der Waals surface area contributed by atoms with Gasteiger partial charge in [0.1, 0.15) is 5.15 Å². The number of nitrogens with zero attached hydrogens (tertiary/aromatic N) is 1. The van der Waals surface area contributed by atoms with Gasteiger partial charge in [0.05, 0.1) is 5.69 Å². The molecule has 4 heteroatoms. The van der Waals surface area contributed by atoms with Gasteiger partial charge in [0.15, 0.2) is 5.15 Å². The number of hydrogen-bond donors (Lipinski definition) is 1. The highest BCUT2D eigenvalue weighted by Crippen LogP contribution is 2.22. The van der Waals surface area contributed by atoms with Crippen molar-refractivity contribution in [2.75, 3.05) is 5.73 Å². The zero-order chi connectivity index (χ0) is 7.72. The highest BCUT2D eigenvalue weighted by molar-refractivity contribution is 6.34. The summed E-state index contributed by atoms with van der Waals surface area (Å²) >= 11 is 11.2. The summed E-state index contributed by atoms with van der Waals surface area (Å²) in [6.45, 7) is 1.83. The molecule has 0 fully saturated rings. The highest BCUT2D eigenvalue weighted by atomic mass is 35.5. The van der Waals surface area contributed by atoms with Crippen molar-refractivity contribution in [1.82, 2.24) is 4.98 Å². The van der Waals surface area contributed by atoms with E-state index >= 15 is 0 Å². The third kappa shape index (κ3) is 1.33. The topological polar surface area (TPSA) is 38.9 Å². The zero-order valence-corrected chi connectivity index (χ0v) is 6.87. The summed E-state index contributed by atoms with van der Waals surface area (Å²) in [6, 6.07) is 1.67. The molecule has 54 valence electrons. The lowest BCUT2D eigenvalue weighted by Crippen LogP contribution is -1.92. The fourth-order valence-electron chi connectivity index (χ4n) is 0.605. The van der Waals surface area contributed by atoms with E-state index in [2.05, 4.69) is 4.98 Å². The smallest absolute Gasteiger partial charge is 0.153 e. The molecule has 0 spiro atoms. The molecule has 1 rings (SSSR count). The first kappa shape index (κ1) is 7.63. The van der Waals surface area contributed by atoms with Crippen LogP contribution in [-0.4, -0.2) is 4.98 Å². The van der Waals surface area contributed by atoms with Crippen molar-refractivity contribution >= 4 is 28.9 Å². The van der Waals surface area contributed by atoms with Crippen LogP contribution in [0.5, 0.6) is 0 Å². The van der Waals surface area contributed by atoms with Crippen molar-refractivity contribution in [3.63, 3.8) is 0 Å². The molecule has 0 saturated heterocycles. The van der Waals surface area contributed by atoms with Crippen molar-refractivity contribution in [2.24, 2.45) is 0 Å². The molecular weight excluding hydrogens is 171 g/mol. The van der Waals surface area contributed by atoms with E-state index in [-0.39, 0.29) is 5.15 Å². The predicted octanol–water partition coefficient (Wildman–Crippen LogP) is 2.28. The number of aryl methyl sites for hydroxylation is 1. The van der Waals surface area contributed by atoms with E-state index in [0.29, 0.717) is 10.8 Å². The lowest BCUT2D eigenvalue weighted by atomic mass is 10.3. The van der Waals surface area contributed by atoms with Gasteiger partial charge < -0.3 is 5.73 Å². The predicted molar refractivity (Wildman–Crippen MR) is 43.4 cm³/mol. The maximum atomic E-state index is 5.60. The molecule has 0 aliphatic carbocycles. The zero-order valence-electron chi connectivity index (χ0n) is 5.36. The molecular formula is C6H6Cl2N2. The number of nitrogens with two attached hydrogens (primary N) is 1. The summed E-state index contributed by atoms with van der Waals surface area (Å²) in [4.78, 5) is 3.74. The normalized spacial score (nSPS) is 9.90. The molecule has 0 unspecified atom stereocenters. The molecule has 1 aromatic rings. The molecule has 0 amide bonds. The van der Waals surface area contributed by atoms with Crippen molar-refractivity contribution in [3.8, 4) is 0 Å². The average Bonchev–Trinajstić information content (AvgIpc) is 1.82. The molecule has 1 aromatic heterocycles. The van der Waals surface area contributed by atoms with Gasteiger partial charge in [-0.1, -0.05) is 23.2 Å². The standard InChI is InChI=1S/C6H6Cl2N2/c1-3-2-4(7)10-6(8)5(3)9/h2H,9H2,1H3. The van der Waals surface area contributed by atoms with Crippen LogP contribution in [0.2, 0.25) is 10.3 Å². The van der Waals surface area contributed by atoms with Gasteiger partial charge in [-0.2, -0.15) is 0 Å². The van der Waals surface area contributed by atoms with Gasteiger partial charge in [-0.25, -0.2) is 4.98 Å². The lowest BCUT2D eigenvalue weighted by molar-refractivity contribution is 1.29. The van der Waals surface area contributed by atoms with Gasteiger partial charge in [-0.05, 0) is 18.6 Å². The van der Waals surface area contributed by atoms with E-state index in [0.717, 1.165) is 5.56 Å². The molecule has 0 atom stereocenters. The summed E-state index contributed by atoms with van der Waals surface area (Å²) in [5, 5.41) is 0.640. The Morgan fingerprint density at radius 3 is 2.60 bits per heavy atom. The monoisotopic (exact) mass is 176 g/mol. The summed E-state index contributed by atoms with van der Waals surface area (Å²) in [7, 11) is 0. The van der Waals surface area contributed by atoms with Gasteiger partial charge in [-0.15, -0.1) is 0 Å². The second-order valence-corrected chi connectivity index (χ2v) is 2.71.